The first-order valence-electron chi connectivity index (χ1n) is 7.84. The molecule has 2 N–H and O–H groups in total. The van der Waals surface area contributed by atoms with Crippen LogP contribution in [-0.2, 0) is 9.47 Å². The maximum atomic E-state index is 5.98. The van der Waals surface area contributed by atoms with E-state index >= 15 is 0 Å². The quantitative estimate of drug-likeness (QED) is 0.833. The van der Waals surface area contributed by atoms with Crippen LogP contribution in [0.15, 0.2) is 12.1 Å². The maximum Gasteiger partial charge on any atom is 0.217 e. The van der Waals surface area contributed by atoms with Gasteiger partial charge >= 0.3 is 0 Å². The van der Waals surface area contributed by atoms with E-state index in [1.54, 1.807) is 6.07 Å². The van der Waals surface area contributed by atoms with Crippen LogP contribution in [0.2, 0.25) is 0 Å². The van der Waals surface area contributed by atoms with Crippen LogP contribution in [0.5, 0.6) is 5.88 Å². The predicted molar refractivity (Wildman–Crippen MR) is 84.4 cm³/mol. The Balaban J connectivity index is 1.54. The summed E-state index contributed by atoms with van der Waals surface area (Å²) in [6.45, 7) is 8.15. The van der Waals surface area contributed by atoms with Crippen LogP contribution in [0.25, 0.3) is 0 Å². The number of rotatable bonds is 5. The van der Waals surface area contributed by atoms with Crippen molar-refractivity contribution < 1.29 is 14.2 Å². The van der Waals surface area contributed by atoms with E-state index in [0.29, 0.717) is 18.2 Å². The molecule has 122 valence electrons. The third kappa shape index (κ3) is 4.22. The molecule has 0 amide bonds. The summed E-state index contributed by atoms with van der Waals surface area (Å²) in [7, 11) is 0. The molecule has 1 aromatic heterocycles. The largest absolute Gasteiger partial charge is 0.476 e. The number of hydrogen-bond donors (Lipinski definition) is 1. The van der Waals surface area contributed by atoms with Crippen molar-refractivity contribution >= 4 is 11.5 Å². The molecule has 2 saturated heterocycles. The molecule has 22 heavy (non-hydrogen) atoms. The predicted octanol–water partition coefficient (Wildman–Crippen LogP) is 0.211. The zero-order chi connectivity index (χ0) is 15.2. The second-order valence-corrected chi connectivity index (χ2v) is 5.50. The number of morpholine rings is 2. The first kappa shape index (κ1) is 15.3. The van der Waals surface area contributed by atoms with Gasteiger partial charge in [-0.15, -0.1) is 0 Å². The Hall–Kier alpha value is -1.57. The summed E-state index contributed by atoms with van der Waals surface area (Å²) in [5, 5.41) is 0. The highest BCUT2D eigenvalue weighted by Gasteiger charge is 2.14. The SMILES string of the molecule is Nc1cc(OCCN2CCOCC2)nc(N2CCOCC2)c1. The van der Waals surface area contributed by atoms with E-state index in [0.717, 1.165) is 65.0 Å². The molecule has 2 fully saturated rings. The highest BCUT2D eigenvalue weighted by molar-refractivity contribution is 5.53. The van der Waals surface area contributed by atoms with Crippen LogP contribution in [0.4, 0.5) is 11.5 Å². The molecular weight excluding hydrogens is 284 g/mol. The highest BCUT2D eigenvalue weighted by Crippen LogP contribution is 2.21. The van der Waals surface area contributed by atoms with E-state index in [2.05, 4.69) is 14.8 Å². The van der Waals surface area contributed by atoms with Crippen molar-refractivity contribution in [1.29, 1.82) is 0 Å². The second kappa shape index (κ2) is 7.62. The molecule has 1 aromatic rings. The summed E-state index contributed by atoms with van der Waals surface area (Å²) in [4.78, 5) is 9.07. The normalized spacial score (nSPS) is 20.1. The minimum Gasteiger partial charge on any atom is -0.476 e. The summed E-state index contributed by atoms with van der Waals surface area (Å²) >= 11 is 0. The van der Waals surface area contributed by atoms with Crippen molar-refractivity contribution in [3.8, 4) is 5.88 Å². The Labute approximate surface area is 130 Å². The Bertz CT molecular complexity index is 474. The second-order valence-electron chi connectivity index (χ2n) is 5.50. The van der Waals surface area contributed by atoms with Crippen molar-refractivity contribution in [3.63, 3.8) is 0 Å². The maximum absolute atomic E-state index is 5.98. The van der Waals surface area contributed by atoms with Gasteiger partial charge in [-0.2, -0.15) is 4.98 Å². The van der Waals surface area contributed by atoms with Crippen LogP contribution < -0.4 is 15.4 Å². The molecule has 7 heteroatoms. The summed E-state index contributed by atoms with van der Waals surface area (Å²) in [6.07, 6.45) is 0. The zero-order valence-electron chi connectivity index (χ0n) is 12.9. The fourth-order valence-electron chi connectivity index (χ4n) is 2.64. The van der Waals surface area contributed by atoms with E-state index in [4.69, 9.17) is 19.9 Å². The zero-order valence-corrected chi connectivity index (χ0v) is 12.9. The number of hydrogen-bond acceptors (Lipinski definition) is 7. The minimum atomic E-state index is 0.592. The van der Waals surface area contributed by atoms with Crippen LogP contribution in [-0.4, -0.2) is 75.6 Å². The van der Waals surface area contributed by atoms with Gasteiger partial charge in [0.2, 0.25) is 5.88 Å². The molecule has 0 radical (unpaired) electrons. The van der Waals surface area contributed by atoms with Crippen molar-refractivity contribution in [1.82, 2.24) is 9.88 Å². The summed E-state index contributed by atoms with van der Waals surface area (Å²) in [5.74, 6) is 1.46. The van der Waals surface area contributed by atoms with Gasteiger partial charge < -0.3 is 24.8 Å². The third-order valence-corrected chi connectivity index (χ3v) is 3.91. The molecule has 0 spiro atoms. The summed E-state index contributed by atoms with van der Waals surface area (Å²) < 4.78 is 16.5. The van der Waals surface area contributed by atoms with Crippen molar-refractivity contribution in [2.24, 2.45) is 0 Å². The van der Waals surface area contributed by atoms with Gasteiger partial charge in [0.05, 0.1) is 26.4 Å². The molecule has 0 atom stereocenters. The van der Waals surface area contributed by atoms with Gasteiger partial charge in [0.25, 0.3) is 0 Å². The van der Waals surface area contributed by atoms with Crippen LogP contribution in [0.3, 0.4) is 0 Å². The molecule has 3 rings (SSSR count). The Kier molecular flexibility index (Phi) is 5.31. The fraction of sp³-hybridized carbons (Fsp3) is 0.667. The van der Waals surface area contributed by atoms with Gasteiger partial charge in [-0.1, -0.05) is 0 Å². The first-order chi connectivity index (χ1) is 10.8. The lowest BCUT2D eigenvalue weighted by Gasteiger charge is -2.28. The molecule has 2 aliphatic rings. The number of nitrogens with two attached hydrogens (primary N) is 1. The minimum absolute atomic E-state index is 0.592. The number of anilines is 2. The fourth-order valence-corrected chi connectivity index (χ4v) is 2.64. The molecule has 0 aromatic carbocycles. The van der Waals surface area contributed by atoms with E-state index in [-0.39, 0.29) is 0 Å². The van der Waals surface area contributed by atoms with Crippen LogP contribution in [0.1, 0.15) is 0 Å². The number of aromatic nitrogens is 1. The van der Waals surface area contributed by atoms with Crippen LogP contribution >= 0.6 is 0 Å². The summed E-state index contributed by atoms with van der Waals surface area (Å²) in [6, 6.07) is 3.67. The lowest BCUT2D eigenvalue weighted by molar-refractivity contribution is 0.0320. The molecule has 0 bridgehead atoms. The molecule has 3 heterocycles. The number of nitrogens with zero attached hydrogens (tertiary/aromatic N) is 3. The van der Waals surface area contributed by atoms with E-state index in [1.165, 1.54) is 0 Å². The molecular formula is C15H24N4O3. The Morgan fingerprint density at radius 1 is 1.05 bits per heavy atom. The molecule has 0 saturated carbocycles. The standard InChI is InChI=1S/C15H24N4O3/c16-13-11-14(19-4-8-21-9-5-19)17-15(12-13)22-10-3-18-1-6-20-7-2-18/h11-12H,1-10H2,(H2,16,17). The lowest BCUT2D eigenvalue weighted by atomic mass is 10.3. The lowest BCUT2D eigenvalue weighted by Crippen LogP contribution is -2.38. The molecule has 7 nitrogen and oxygen atoms in total. The number of pyridine rings is 1. The average molecular weight is 308 g/mol. The number of nitrogen functional groups attached to an aromatic ring is 1. The topological polar surface area (TPSA) is 73.1 Å². The van der Waals surface area contributed by atoms with Gasteiger partial charge in [-0.25, -0.2) is 0 Å². The van der Waals surface area contributed by atoms with Gasteiger partial charge in [0, 0.05) is 50.5 Å². The Morgan fingerprint density at radius 3 is 2.45 bits per heavy atom. The van der Waals surface area contributed by atoms with Gasteiger partial charge in [-0.05, 0) is 0 Å². The van der Waals surface area contributed by atoms with Gasteiger partial charge in [0.1, 0.15) is 12.4 Å². The van der Waals surface area contributed by atoms with Crippen molar-refractivity contribution in [3.05, 3.63) is 12.1 Å². The third-order valence-electron chi connectivity index (χ3n) is 3.91. The average Bonchev–Trinajstić information content (AvgIpc) is 2.56. The van der Waals surface area contributed by atoms with Crippen molar-refractivity contribution in [2.45, 2.75) is 0 Å². The van der Waals surface area contributed by atoms with E-state index in [9.17, 15) is 0 Å². The smallest absolute Gasteiger partial charge is 0.217 e. The first-order valence-corrected chi connectivity index (χ1v) is 7.84. The molecule has 0 aliphatic carbocycles. The Morgan fingerprint density at radius 2 is 1.73 bits per heavy atom. The summed E-state index contributed by atoms with van der Waals surface area (Å²) in [5.41, 5.74) is 6.65. The van der Waals surface area contributed by atoms with Gasteiger partial charge in [0.15, 0.2) is 0 Å². The van der Waals surface area contributed by atoms with Crippen molar-refractivity contribution in [2.75, 3.05) is 76.4 Å². The van der Waals surface area contributed by atoms with E-state index < -0.39 is 0 Å². The molecule has 2 aliphatic heterocycles. The monoisotopic (exact) mass is 308 g/mol. The van der Waals surface area contributed by atoms with Crippen LogP contribution in [0, 0.1) is 0 Å². The number of ether oxygens (including phenoxy) is 3. The molecule has 0 unspecified atom stereocenters. The van der Waals surface area contributed by atoms with E-state index in [1.807, 2.05) is 6.07 Å². The highest BCUT2D eigenvalue weighted by atomic mass is 16.5. The van der Waals surface area contributed by atoms with Gasteiger partial charge in [-0.3, -0.25) is 4.90 Å².